The Hall–Kier alpha value is -3.96. The van der Waals surface area contributed by atoms with E-state index < -0.39 is 113 Å². The summed E-state index contributed by atoms with van der Waals surface area (Å²) in [6.45, 7) is 0. The van der Waals surface area contributed by atoms with Gasteiger partial charge in [0.1, 0.15) is 29.1 Å². The average Bonchev–Trinajstić information content (AvgIpc) is 2.80. The van der Waals surface area contributed by atoms with Crippen molar-refractivity contribution in [3.05, 3.63) is 94.1 Å². The summed E-state index contributed by atoms with van der Waals surface area (Å²) < 4.78 is 173. The van der Waals surface area contributed by atoms with E-state index in [-0.39, 0.29) is 6.07 Å². The minimum atomic E-state index is -2.60. The second-order valence-electron chi connectivity index (χ2n) is 7.64. The summed E-state index contributed by atoms with van der Waals surface area (Å²) in [5.74, 6) is -26.1. The van der Waals surface area contributed by atoms with Crippen molar-refractivity contribution in [2.75, 3.05) is 0 Å². The van der Waals surface area contributed by atoms with Crippen molar-refractivity contribution >= 4 is 32.3 Å². The van der Waals surface area contributed by atoms with Crippen LogP contribution >= 0.6 is 0 Å². The minimum absolute atomic E-state index is 0.280. The van der Waals surface area contributed by atoms with Crippen molar-refractivity contribution in [3.8, 4) is 11.1 Å². The molecule has 0 aromatic heterocycles. The largest absolute Gasteiger partial charge is 0.207 e. The maximum absolute atomic E-state index is 15.4. The van der Waals surface area contributed by atoms with E-state index in [4.69, 9.17) is 0 Å². The van der Waals surface area contributed by atoms with E-state index in [2.05, 4.69) is 0 Å². The lowest BCUT2D eigenvalue weighted by Crippen LogP contribution is -2.07. The second kappa shape index (κ2) is 7.77. The van der Waals surface area contributed by atoms with Gasteiger partial charge in [-0.15, -0.1) is 0 Å². The van der Waals surface area contributed by atoms with Crippen LogP contribution in [0.15, 0.2) is 24.3 Å². The number of benzene rings is 5. The lowest BCUT2D eigenvalue weighted by atomic mass is 9.91. The van der Waals surface area contributed by atoms with Gasteiger partial charge in [-0.2, -0.15) is 0 Å². The first-order valence-electron chi connectivity index (χ1n) is 9.58. The van der Waals surface area contributed by atoms with Gasteiger partial charge >= 0.3 is 0 Å². The monoisotopic (exact) mass is 520 g/mol. The van der Waals surface area contributed by atoms with Gasteiger partial charge in [0.15, 0.2) is 40.7 Å². The van der Waals surface area contributed by atoms with Gasteiger partial charge in [0.25, 0.3) is 0 Å². The van der Waals surface area contributed by atoms with Crippen molar-refractivity contribution in [2.45, 2.75) is 0 Å². The van der Waals surface area contributed by atoms with Gasteiger partial charge in [0.05, 0.1) is 21.5 Å². The predicted molar refractivity (Wildman–Crippen MR) is 104 cm³/mol. The van der Waals surface area contributed by atoms with Crippen molar-refractivity contribution < 1.29 is 52.7 Å². The zero-order valence-electron chi connectivity index (χ0n) is 16.8. The molecule has 0 bridgehead atoms. The highest BCUT2D eigenvalue weighted by atomic mass is 19.2. The second-order valence-corrected chi connectivity index (χ2v) is 7.64. The summed E-state index contributed by atoms with van der Waals surface area (Å²) in [6.07, 6.45) is 0. The van der Waals surface area contributed by atoms with Crippen LogP contribution in [0.25, 0.3) is 43.4 Å². The molecule has 0 radical (unpaired) electrons. The van der Waals surface area contributed by atoms with E-state index in [1.807, 2.05) is 0 Å². The SMILES string of the molecule is Fc1cc(F)c2c(F)cc(-c3c(F)c(F)c(F)c4c(F)c5c(F)c(F)c(F)c(F)c5c(F)c34)cc2c1. The molecule has 0 atom stereocenters. The normalized spacial score (nSPS) is 11.9. The molecule has 36 heavy (non-hydrogen) atoms. The van der Waals surface area contributed by atoms with Crippen LogP contribution in [-0.4, -0.2) is 0 Å². The van der Waals surface area contributed by atoms with Gasteiger partial charge in [-0.25, -0.2) is 52.7 Å². The Morgan fingerprint density at radius 3 is 1.33 bits per heavy atom. The Morgan fingerprint density at radius 2 is 0.778 bits per heavy atom. The van der Waals surface area contributed by atoms with Crippen molar-refractivity contribution in [1.82, 2.24) is 0 Å². The van der Waals surface area contributed by atoms with Gasteiger partial charge in [0, 0.05) is 17.0 Å². The highest BCUT2D eigenvalue weighted by Crippen LogP contribution is 2.44. The third-order valence-corrected chi connectivity index (χ3v) is 5.68. The number of hydrogen-bond acceptors (Lipinski definition) is 0. The Morgan fingerprint density at radius 1 is 0.333 bits per heavy atom. The summed E-state index contributed by atoms with van der Waals surface area (Å²) in [7, 11) is 0. The zero-order chi connectivity index (χ0) is 26.4. The molecule has 0 aliphatic rings. The number of hydrogen-bond donors (Lipinski definition) is 0. The van der Waals surface area contributed by atoms with Crippen molar-refractivity contribution in [1.29, 1.82) is 0 Å². The van der Waals surface area contributed by atoms with Crippen LogP contribution in [0.3, 0.4) is 0 Å². The zero-order valence-corrected chi connectivity index (χ0v) is 16.8. The number of rotatable bonds is 1. The third-order valence-electron chi connectivity index (χ3n) is 5.68. The first-order valence-corrected chi connectivity index (χ1v) is 9.58. The Labute approximate surface area is 191 Å². The van der Waals surface area contributed by atoms with Crippen molar-refractivity contribution in [2.24, 2.45) is 0 Å². The molecular weight excluding hydrogens is 516 g/mol. The van der Waals surface area contributed by atoms with Crippen LogP contribution in [0, 0.1) is 69.8 Å². The van der Waals surface area contributed by atoms with Crippen LogP contribution < -0.4 is 0 Å². The molecule has 0 unspecified atom stereocenters. The smallest absolute Gasteiger partial charge is 0.198 e. The van der Waals surface area contributed by atoms with Gasteiger partial charge in [0.2, 0.25) is 0 Å². The Bertz CT molecular complexity index is 1810. The standard InChI is InChI=1S/C24H4F12/c25-7-2-5-1-6(3-8(26)10(5)9(27)4-7)11-12-13(19(31)22(34)18(11)30)17(29)15-14(16(12)28)20(32)23(35)24(36)21(15)33/h1-4H. The quantitative estimate of drug-likeness (QED) is 0.0901. The molecule has 0 saturated carbocycles. The molecule has 0 saturated heterocycles. The summed E-state index contributed by atoms with van der Waals surface area (Å²) in [5, 5.41) is -8.80. The van der Waals surface area contributed by atoms with E-state index in [1.165, 1.54) is 0 Å². The molecule has 5 rings (SSSR count). The van der Waals surface area contributed by atoms with Crippen LogP contribution in [0.5, 0.6) is 0 Å². The predicted octanol–water partition coefficient (Wildman–Crippen LogP) is 8.48. The Kier molecular flexibility index (Phi) is 5.13. The molecule has 0 aliphatic heterocycles. The fourth-order valence-corrected chi connectivity index (χ4v) is 4.17. The number of halogens is 12. The summed E-state index contributed by atoms with van der Waals surface area (Å²) in [4.78, 5) is 0. The molecule has 0 fully saturated rings. The fourth-order valence-electron chi connectivity index (χ4n) is 4.17. The minimum Gasteiger partial charge on any atom is -0.207 e. The van der Waals surface area contributed by atoms with E-state index in [0.717, 1.165) is 0 Å². The first-order chi connectivity index (χ1) is 16.9. The summed E-state index contributed by atoms with van der Waals surface area (Å²) in [6, 6.07) is 1.72. The molecule has 184 valence electrons. The molecule has 0 nitrogen and oxygen atoms in total. The van der Waals surface area contributed by atoms with Crippen LogP contribution in [0.2, 0.25) is 0 Å². The van der Waals surface area contributed by atoms with E-state index in [1.54, 1.807) is 0 Å². The highest BCUT2D eigenvalue weighted by Gasteiger charge is 2.33. The van der Waals surface area contributed by atoms with Crippen LogP contribution in [0.4, 0.5) is 52.7 Å². The van der Waals surface area contributed by atoms with Crippen molar-refractivity contribution in [3.63, 3.8) is 0 Å². The van der Waals surface area contributed by atoms with E-state index in [9.17, 15) is 43.9 Å². The fraction of sp³-hybridized carbons (Fsp3) is 0. The maximum Gasteiger partial charge on any atom is 0.198 e. The van der Waals surface area contributed by atoms with Gasteiger partial charge in [-0.1, -0.05) is 0 Å². The van der Waals surface area contributed by atoms with E-state index in [0.29, 0.717) is 18.2 Å². The molecule has 5 aromatic rings. The number of fused-ring (bicyclic) bond motifs is 3. The molecule has 0 heterocycles. The summed E-state index contributed by atoms with van der Waals surface area (Å²) >= 11 is 0. The molecular formula is C24H4F12. The molecule has 0 N–H and O–H groups in total. The summed E-state index contributed by atoms with van der Waals surface area (Å²) in [5.41, 5.74) is -2.41. The first kappa shape index (κ1) is 23.8. The molecule has 5 aromatic carbocycles. The van der Waals surface area contributed by atoms with Gasteiger partial charge < -0.3 is 0 Å². The van der Waals surface area contributed by atoms with Crippen LogP contribution in [0.1, 0.15) is 0 Å². The molecule has 0 aliphatic carbocycles. The lowest BCUT2D eigenvalue weighted by molar-refractivity contribution is 0.414. The Balaban J connectivity index is 2.07. The van der Waals surface area contributed by atoms with Gasteiger partial charge in [-0.05, 0) is 29.1 Å². The maximum atomic E-state index is 15.4. The average molecular weight is 520 g/mol. The molecule has 0 amide bonds. The third kappa shape index (κ3) is 2.99. The molecule has 12 heteroatoms. The topological polar surface area (TPSA) is 0 Å². The highest BCUT2D eigenvalue weighted by molar-refractivity contribution is 6.08. The van der Waals surface area contributed by atoms with E-state index >= 15 is 8.78 Å². The molecule has 0 spiro atoms. The lowest BCUT2D eigenvalue weighted by Gasteiger charge is -2.16. The van der Waals surface area contributed by atoms with Crippen LogP contribution in [-0.2, 0) is 0 Å². The van der Waals surface area contributed by atoms with Gasteiger partial charge in [-0.3, -0.25) is 0 Å².